The largest absolute Gasteiger partial charge is 0.383 e. The van der Waals surface area contributed by atoms with Gasteiger partial charge in [-0.05, 0) is 24.6 Å². The van der Waals surface area contributed by atoms with Gasteiger partial charge in [-0.1, -0.05) is 19.4 Å². The number of nitrogens with one attached hydrogen (secondary N) is 1. The summed E-state index contributed by atoms with van der Waals surface area (Å²) >= 11 is 0. The molecule has 1 amide bonds. The summed E-state index contributed by atoms with van der Waals surface area (Å²) in [6.45, 7) is 3.25. The molecule has 0 aliphatic rings. The number of unbranched alkanes of at least 4 members (excludes halogenated alkanes) is 1. The first-order chi connectivity index (χ1) is 10.4. The number of carbonyl (C=O) groups excluding carboxylic acids is 1. The minimum absolute atomic E-state index is 0.130. The van der Waals surface area contributed by atoms with Crippen LogP contribution in [0.5, 0.6) is 0 Å². The monoisotopic (exact) mass is 328 g/mol. The van der Waals surface area contributed by atoms with E-state index < -0.39 is 10.0 Å². The van der Waals surface area contributed by atoms with Crippen molar-refractivity contribution < 1.29 is 17.9 Å². The lowest BCUT2D eigenvalue weighted by atomic mass is 10.2. The minimum Gasteiger partial charge on any atom is -0.383 e. The fourth-order valence-electron chi connectivity index (χ4n) is 1.85. The lowest BCUT2D eigenvalue weighted by Crippen LogP contribution is -2.29. The van der Waals surface area contributed by atoms with Gasteiger partial charge in [0.2, 0.25) is 10.0 Å². The number of nitrogens with zero attached hydrogens (tertiary/aromatic N) is 1. The molecular formula is C15H24N2O4S. The van der Waals surface area contributed by atoms with Gasteiger partial charge in [-0.15, -0.1) is 0 Å². The molecule has 0 radical (unpaired) electrons. The first-order valence-electron chi connectivity index (χ1n) is 7.27. The molecule has 0 saturated heterocycles. The summed E-state index contributed by atoms with van der Waals surface area (Å²) in [7, 11) is -0.465. The number of sulfonamides is 1. The van der Waals surface area contributed by atoms with Gasteiger partial charge in [0.25, 0.3) is 5.91 Å². The summed E-state index contributed by atoms with van der Waals surface area (Å²) in [5.74, 6) is -0.315. The van der Waals surface area contributed by atoms with E-state index in [0.717, 1.165) is 12.8 Å². The number of amides is 1. The third kappa shape index (κ3) is 5.08. The number of hydrogen-bond donors (Lipinski definition) is 1. The fourth-order valence-corrected chi connectivity index (χ4v) is 3.10. The van der Waals surface area contributed by atoms with Gasteiger partial charge < -0.3 is 10.1 Å². The standard InChI is InChI=1S/C15H24N2O4S/c1-4-5-10-17(2)22(19,20)14-8-6-7-13(12-14)15(18)16-9-11-21-3/h6-8,12H,4-5,9-11H2,1-3H3,(H,16,18). The van der Waals surface area contributed by atoms with Gasteiger partial charge in [0, 0.05) is 32.8 Å². The third-order valence-corrected chi connectivity index (χ3v) is 5.08. The zero-order valence-electron chi connectivity index (χ0n) is 13.3. The molecule has 22 heavy (non-hydrogen) atoms. The molecule has 0 heterocycles. The first kappa shape index (κ1) is 18.6. The van der Waals surface area contributed by atoms with Crippen LogP contribution in [-0.4, -0.2) is 52.5 Å². The van der Waals surface area contributed by atoms with Crippen LogP contribution in [0.2, 0.25) is 0 Å². The minimum atomic E-state index is -3.56. The van der Waals surface area contributed by atoms with Crippen LogP contribution < -0.4 is 5.32 Å². The predicted molar refractivity (Wildman–Crippen MR) is 85.4 cm³/mol. The average molecular weight is 328 g/mol. The first-order valence-corrected chi connectivity index (χ1v) is 8.71. The van der Waals surface area contributed by atoms with Crippen LogP contribution in [0.25, 0.3) is 0 Å². The molecule has 7 heteroatoms. The third-order valence-electron chi connectivity index (χ3n) is 3.22. The number of hydrogen-bond acceptors (Lipinski definition) is 4. The summed E-state index contributed by atoms with van der Waals surface area (Å²) in [4.78, 5) is 12.1. The summed E-state index contributed by atoms with van der Waals surface area (Å²) in [5, 5.41) is 2.67. The van der Waals surface area contributed by atoms with E-state index in [2.05, 4.69) is 5.32 Å². The molecule has 0 fully saturated rings. The Kier molecular flexibility index (Phi) is 7.50. The van der Waals surface area contributed by atoms with Crippen LogP contribution in [0.15, 0.2) is 29.2 Å². The molecule has 1 aromatic carbocycles. The predicted octanol–water partition coefficient (Wildman–Crippen LogP) is 1.48. The second-order valence-electron chi connectivity index (χ2n) is 4.96. The molecule has 1 aromatic rings. The number of ether oxygens (including phenoxy) is 1. The van der Waals surface area contributed by atoms with E-state index in [-0.39, 0.29) is 10.8 Å². The number of methoxy groups -OCH3 is 1. The Bertz CT molecular complexity index is 587. The quantitative estimate of drug-likeness (QED) is 0.697. The SMILES string of the molecule is CCCCN(C)S(=O)(=O)c1cccc(C(=O)NCCOC)c1. The van der Waals surface area contributed by atoms with Crippen molar-refractivity contribution in [1.29, 1.82) is 0 Å². The van der Waals surface area contributed by atoms with Crippen LogP contribution in [0.3, 0.4) is 0 Å². The Labute approximate surface area is 132 Å². The van der Waals surface area contributed by atoms with E-state index in [1.54, 1.807) is 26.3 Å². The molecule has 124 valence electrons. The van der Waals surface area contributed by atoms with Crippen molar-refractivity contribution in [1.82, 2.24) is 9.62 Å². The molecule has 0 aliphatic carbocycles. The summed E-state index contributed by atoms with van der Waals surface area (Å²) in [5.41, 5.74) is 0.320. The number of benzene rings is 1. The van der Waals surface area contributed by atoms with Gasteiger partial charge in [0.1, 0.15) is 0 Å². The van der Waals surface area contributed by atoms with E-state index in [1.165, 1.54) is 16.4 Å². The van der Waals surface area contributed by atoms with Crippen LogP contribution >= 0.6 is 0 Å². The van der Waals surface area contributed by atoms with Gasteiger partial charge in [-0.2, -0.15) is 0 Å². The van der Waals surface area contributed by atoms with Crippen molar-refractivity contribution >= 4 is 15.9 Å². The van der Waals surface area contributed by atoms with Gasteiger partial charge >= 0.3 is 0 Å². The Morgan fingerprint density at radius 3 is 2.73 bits per heavy atom. The van der Waals surface area contributed by atoms with Crippen molar-refractivity contribution in [3.8, 4) is 0 Å². The Balaban J connectivity index is 2.88. The smallest absolute Gasteiger partial charge is 0.251 e. The number of carbonyl (C=O) groups is 1. The Hall–Kier alpha value is -1.44. The van der Waals surface area contributed by atoms with E-state index in [1.807, 2.05) is 6.92 Å². The van der Waals surface area contributed by atoms with E-state index >= 15 is 0 Å². The highest BCUT2D eigenvalue weighted by Crippen LogP contribution is 2.16. The zero-order chi connectivity index (χ0) is 16.6. The highest BCUT2D eigenvalue weighted by atomic mass is 32.2. The molecule has 0 aliphatic heterocycles. The molecule has 1 rings (SSSR count). The second kappa shape index (κ2) is 8.87. The highest BCUT2D eigenvalue weighted by molar-refractivity contribution is 7.89. The van der Waals surface area contributed by atoms with E-state index in [9.17, 15) is 13.2 Å². The molecule has 0 atom stereocenters. The van der Waals surface area contributed by atoms with Crippen molar-refractivity contribution in [2.24, 2.45) is 0 Å². The van der Waals surface area contributed by atoms with Crippen LogP contribution in [-0.2, 0) is 14.8 Å². The molecule has 0 saturated carbocycles. The molecule has 0 spiro atoms. The van der Waals surface area contributed by atoms with Crippen LogP contribution in [0.4, 0.5) is 0 Å². The average Bonchev–Trinajstić information content (AvgIpc) is 2.52. The molecule has 0 aromatic heterocycles. The summed E-state index contributed by atoms with van der Waals surface area (Å²) < 4.78 is 31.1. The van der Waals surface area contributed by atoms with Crippen molar-refractivity contribution in [3.05, 3.63) is 29.8 Å². The maximum Gasteiger partial charge on any atom is 0.251 e. The number of rotatable bonds is 9. The second-order valence-corrected chi connectivity index (χ2v) is 7.00. The van der Waals surface area contributed by atoms with Gasteiger partial charge in [-0.25, -0.2) is 12.7 Å². The maximum absolute atomic E-state index is 12.4. The molecule has 1 N–H and O–H groups in total. The Morgan fingerprint density at radius 1 is 1.36 bits per heavy atom. The molecule has 0 bridgehead atoms. The van der Waals surface area contributed by atoms with E-state index in [4.69, 9.17) is 4.74 Å². The Morgan fingerprint density at radius 2 is 2.09 bits per heavy atom. The summed E-state index contributed by atoms with van der Waals surface area (Å²) in [6.07, 6.45) is 1.72. The van der Waals surface area contributed by atoms with Gasteiger partial charge in [0.05, 0.1) is 11.5 Å². The molecule has 0 unspecified atom stereocenters. The van der Waals surface area contributed by atoms with Crippen molar-refractivity contribution in [3.63, 3.8) is 0 Å². The van der Waals surface area contributed by atoms with Crippen molar-refractivity contribution in [2.75, 3.05) is 33.9 Å². The zero-order valence-corrected chi connectivity index (χ0v) is 14.1. The highest BCUT2D eigenvalue weighted by Gasteiger charge is 2.21. The maximum atomic E-state index is 12.4. The van der Waals surface area contributed by atoms with E-state index in [0.29, 0.717) is 25.3 Å². The lowest BCUT2D eigenvalue weighted by molar-refractivity contribution is 0.0937. The normalized spacial score (nSPS) is 11.6. The molecule has 6 nitrogen and oxygen atoms in total. The lowest BCUT2D eigenvalue weighted by Gasteiger charge is -2.17. The fraction of sp³-hybridized carbons (Fsp3) is 0.533. The van der Waals surface area contributed by atoms with Crippen LogP contribution in [0.1, 0.15) is 30.1 Å². The summed E-state index contributed by atoms with van der Waals surface area (Å²) in [6, 6.07) is 6.07. The topological polar surface area (TPSA) is 75.7 Å². The van der Waals surface area contributed by atoms with Gasteiger partial charge in [0.15, 0.2) is 0 Å². The molecular weight excluding hydrogens is 304 g/mol. The van der Waals surface area contributed by atoms with Crippen LogP contribution in [0, 0.1) is 0 Å². The van der Waals surface area contributed by atoms with Crippen molar-refractivity contribution in [2.45, 2.75) is 24.7 Å². The van der Waals surface area contributed by atoms with Gasteiger partial charge in [-0.3, -0.25) is 4.79 Å².